The van der Waals surface area contributed by atoms with Crippen LogP contribution in [0.4, 0.5) is 0 Å². The molecule has 0 unspecified atom stereocenters. The molecule has 5 nitrogen and oxygen atoms in total. The summed E-state index contributed by atoms with van der Waals surface area (Å²) in [6, 6.07) is 3.68. The standard InChI is InChI=1S/C14H18N2O3S/c1-2-6-20-7-5-16-14(19)11(15)8-10-3-4-12(17)13(18)9-10/h1,3-4,9,11,17-18H,5-8,15H2,(H,16,19)/t11-/m0/s1. The van der Waals surface area contributed by atoms with Gasteiger partial charge < -0.3 is 21.3 Å². The first-order valence-corrected chi connectivity index (χ1v) is 7.25. The Morgan fingerprint density at radius 2 is 2.20 bits per heavy atom. The maximum atomic E-state index is 11.7. The lowest BCUT2D eigenvalue weighted by molar-refractivity contribution is -0.122. The lowest BCUT2D eigenvalue weighted by Crippen LogP contribution is -2.42. The summed E-state index contributed by atoms with van der Waals surface area (Å²) in [6.07, 6.45) is 5.40. The number of amides is 1. The van der Waals surface area contributed by atoms with Gasteiger partial charge in [0, 0.05) is 12.3 Å². The molecule has 1 aromatic carbocycles. The quantitative estimate of drug-likeness (QED) is 0.333. The van der Waals surface area contributed by atoms with Crippen LogP contribution < -0.4 is 11.1 Å². The van der Waals surface area contributed by atoms with Crippen molar-refractivity contribution in [2.45, 2.75) is 12.5 Å². The minimum Gasteiger partial charge on any atom is -0.504 e. The first-order chi connectivity index (χ1) is 9.54. The van der Waals surface area contributed by atoms with Crippen LogP contribution in [-0.2, 0) is 11.2 Å². The third-order valence-electron chi connectivity index (χ3n) is 2.56. The number of carbonyl (C=O) groups excluding carboxylic acids is 1. The van der Waals surface area contributed by atoms with E-state index < -0.39 is 6.04 Å². The highest BCUT2D eigenvalue weighted by molar-refractivity contribution is 7.99. The number of aromatic hydroxyl groups is 2. The van der Waals surface area contributed by atoms with E-state index in [4.69, 9.17) is 12.2 Å². The van der Waals surface area contributed by atoms with Crippen molar-refractivity contribution < 1.29 is 15.0 Å². The topological polar surface area (TPSA) is 95.6 Å². The van der Waals surface area contributed by atoms with Crippen molar-refractivity contribution in [3.05, 3.63) is 23.8 Å². The van der Waals surface area contributed by atoms with E-state index in [1.165, 1.54) is 12.1 Å². The second kappa shape index (κ2) is 8.35. The van der Waals surface area contributed by atoms with Crippen LogP contribution in [0.1, 0.15) is 5.56 Å². The predicted octanol–water partition coefficient (Wildman–Crippen LogP) is 0.450. The van der Waals surface area contributed by atoms with Crippen molar-refractivity contribution in [3.63, 3.8) is 0 Å². The zero-order valence-electron chi connectivity index (χ0n) is 11.0. The monoisotopic (exact) mass is 294 g/mol. The highest BCUT2D eigenvalue weighted by atomic mass is 32.2. The van der Waals surface area contributed by atoms with Crippen molar-refractivity contribution in [2.24, 2.45) is 5.73 Å². The second-order valence-electron chi connectivity index (χ2n) is 4.18. The largest absolute Gasteiger partial charge is 0.504 e. The Bertz CT molecular complexity index is 500. The van der Waals surface area contributed by atoms with Crippen LogP contribution >= 0.6 is 11.8 Å². The number of terminal acetylenes is 1. The van der Waals surface area contributed by atoms with Crippen molar-refractivity contribution in [1.29, 1.82) is 0 Å². The Balaban J connectivity index is 2.37. The van der Waals surface area contributed by atoms with Gasteiger partial charge in [0.15, 0.2) is 11.5 Å². The van der Waals surface area contributed by atoms with Crippen molar-refractivity contribution in [2.75, 3.05) is 18.1 Å². The molecule has 0 bridgehead atoms. The van der Waals surface area contributed by atoms with Crippen LogP contribution in [-0.4, -0.2) is 40.2 Å². The minimum absolute atomic E-state index is 0.197. The van der Waals surface area contributed by atoms with Crippen LogP contribution in [0.5, 0.6) is 11.5 Å². The van der Waals surface area contributed by atoms with Crippen molar-refractivity contribution in [3.8, 4) is 23.8 Å². The smallest absolute Gasteiger partial charge is 0.237 e. The molecule has 108 valence electrons. The molecule has 0 aliphatic carbocycles. The fourth-order valence-corrected chi connectivity index (χ4v) is 2.06. The average molecular weight is 294 g/mol. The summed E-state index contributed by atoms with van der Waals surface area (Å²) < 4.78 is 0. The van der Waals surface area contributed by atoms with Gasteiger partial charge in [-0.25, -0.2) is 0 Å². The number of nitrogens with two attached hydrogens (primary N) is 1. The van der Waals surface area contributed by atoms with Crippen LogP contribution in [0, 0.1) is 12.3 Å². The summed E-state index contributed by atoms with van der Waals surface area (Å²) in [5.41, 5.74) is 6.47. The van der Waals surface area contributed by atoms with Crippen LogP contribution in [0.15, 0.2) is 18.2 Å². The molecule has 0 saturated heterocycles. The van der Waals surface area contributed by atoms with E-state index in [-0.39, 0.29) is 23.8 Å². The van der Waals surface area contributed by atoms with E-state index in [2.05, 4.69) is 11.2 Å². The molecule has 0 radical (unpaired) electrons. The molecule has 5 N–H and O–H groups in total. The van der Waals surface area contributed by atoms with E-state index >= 15 is 0 Å². The van der Waals surface area contributed by atoms with E-state index in [1.807, 2.05) is 0 Å². The maximum Gasteiger partial charge on any atom is 0.237 e. The highest BCUT2D eigenvalue weighted by Gasteiger charge is 2.14. The molecule has 1 aromatic rings. The second-order valence-corrected chi connectivity index (χ2v) is 5.29. The number of phenolic OH excluding ortho intramolecular Hbond substituents is 2. The first-order valence-electron chi connectivity index (χ1n) is 6.10. The van der Waals surface area contributed by atoms with Crippen LogP contribution in [0.3, 0.4) is 0 Å². The summed E-state index contributed by atoms with van der Waals surface area (Å²) in [7, 11) is 0. The van der Waals surface area contributed by atoms with Crippen molar-refractivity contribution >= 4 is 17.7 Å². The molecule has 1 rings (SSSR count). The number of phenols is 2. The SMILES string of the molecule is C#CCSCCNC(=O)[C@@H](N)Cc1ccc(O)c(O)c1. The third kappa shape index (κ3) is 5.43. The van der Waals surface area contributed by atoms with Crippen molar-refractivity contribution in [1.82, 2.24) is 5.32 Å². The lowest BCUT2D eigenvalue weighted by Gasteiger charge is -2.12. The number of thioether (sulfide) groups is 1. The number of rotatable bonds is 7. The Morgan fingerprint density at radius 1 is 1.45 bits per heavy atom. The maximum absolute atomic E-state index is 11.7. The molecule has 20 heavy (non-hydrogen) atoms. The number of hydrogen-bond acceptors (Lipinski definition) is 5. The summed E-state index contributed by atoms with van der Waals surface area (Å²) >= 11 is 1.56. The molecule has 0 saturated carbocycles. The lowest BCUT2D eigenvalue weighted by atomic mass is 10.1. The molecule has 1 amide bonds. The summed E-state index contributed by atoms with van der Waals surface area (Å²) in [6.45, 7) is 0.514. The molecule has 0 spiro atoms. The molecule has 1 atom stereocenters. The van der Waals surface area contributed by atoms with Gasteiger partial charge in [-0.05, 0) is 24.1 Å². The molecule has 0 aliphatic heterocycles. The highest BCUT2D eigenvalue weighted by Crippen LogP contribution is 2.25. The van der Waals surface area contributed by atoms with Gasteiger partial charge in [-0.15, -0.1) is 18.2 Å². The van der Waals surface area contributed by atoms with Gasteiger partial charge in [-0.1, -0.05) is 12.0 Å². The minimum atomic E-state index is -0.698. The Morgan fingerprint density at radius 3 is 2.85 bits per heavy atom. The number of nitrogens with one attached hydrogen (secondary N) is 1. The van der Waals surface area contributed by atoms with E-state index in [9.17, 15) is 15.0 Å². The van der Waals surface area contributed by atoms with Crippen LogP contribution in [0.2, 0.25) is 0 Å². The van der Waals surface area contributed by atoms with E-state index in [0.29, 0.717) is 17.9 Å². The molecular formula is C14H18N2O3S. The fourth-order valence-electron chi connectivity index (χ4n) is 1.55. The summed E-state index contributed by atoms with van der Waals surface area (Å²) in [5, 5.41) is 21.3. The molecule has 0 aliphatic rings. The van der Waals surface area contributed by atoms with Gasteiger partial charge in [-0.2, -0.15) is 0 Å². The zero-order chi connectivity index (χ0) is 15.0. The molecular weight excluding hydrogens is 276 g/mol. The Hall–Kier alpha value is -1.84. The van der Waals surface area contributed by atoms with Gasteiger partial charge in [-0.3, -0.25) is 4.79 Å². The molecule has 0 aromatic heterocycles. The van der Waals surface area contributed by atoms with Gasteiger partial charge in [0.2, 0.25) is 5.91 Å². The molecule has 0 fully saturated rings. The summed E-state index contributed by atoms with van der Waals surface area (Å²) in [5.74, 6) is 3.19. The predicted molar refractivity (Wildman–Crippen MR) is 80.6 cm³/mol. The first kappa shape index (κ1) is 16.2. The number of carbonyl (C=O) groups is 1. The fraction of sp³-hybridized carbons (Fsp3) is 0.357. The molecule has 0 heterocycles. The summed E-state index contributed by atoms with van der Waals surface area (Å²) in [4.78, 5) is 11.7. The van der Waals surface area contributed by atoms with E-state index in [1.54, 1.807) is 17.8 Å². The average Bonchev–Trinajstić information content (AvgIpc) is 2.42. The van der Waals surface area contributed by atoms with Gasteiger partial charge in [0.05, 0.1) is 11.8 Å². The number of benzene rings is 1. The van der Waals surface area contributed by atoms with Gasteiger partial charge in [0.25, 0.3) is 0 Å². The van der Waals surface area contributed by atoms with Gasteiger partial charge in [0.1, 0.15) is 0 Å². The Labute approximate surface area is 122 Å². The van der Waals surface area contributed by atoms with Gasteiger partial charge >= 0.3 is 0 Å². The van der Waals surface area contributed by atoms with E-state index in [0.717, 1.165) is 5.75 Å². The molecule has 6 heteroatoms. The Kier molecular flexibility index (Phi) is 6.77. The zero-order valence-corrected chi connectivity index (χ0v) is 11.8. The normalized spacial score (nSPS) is 11.6. The number of hydrogen-bond donors (Lipinski definition) is 4. The third-order valence-corrected chi connectivity index (χ3v) is 3.43. The van der Waals surface area contributed by atoms with Crippen LogP contribution in [0.25, 0.3) is 0 Å².